The monoisotopic (exact) mass is 536 g/mol. The van der Waals surface area contributed by atoms with Crippen molar-refractivity contribution in [3.8, 4) is 70.8 Å². The molecule has 0 heterocycles. The standard InChI is InChI=1S/C33H29O5P/c1-2-3-23-35-26-14-15-27-36-24-12-4-5-13-25-37-28-16-17-29-38-30-18-31-39(34,32-19-8-6-9-20-32)33-21-10-7-11-22-33/h6-11,19-22H,23-30H2,1H3. The van der Waals surface area contributed by atoms with Crippen LogP contribution in [0, 0.1) is 70.8 Å². The normalized spacial score (nSPS) is 9.26. The van der Waals surface area contributed by atoms with Crippen LogP contribution in [0.2, 0.25) is 0 Å². The summed E-state index contributed by atoms with van der Waals surface area (Å²) in [5.74, 6) is 30.7. The molecule has 0 aliphatic heterocycles. The average Bonchev–Trinajstić information content (AvgIpc) is 2.98. The highest BCUT2D eigenvalue weighted by molar-refractivity contribution is 7.83. The Labute approximate surface area is 232 Å². The Morgan fingerprint density at radius 1 is 0.513 bits per heavy atom. The summed E-state index contributed by atoms with van der Waals surface area (Å²) in [7, 11) is -3.06. The Bertz CT molecular complexity index is 1390. The second-order valence-electron chi connectivity index (χ2n) is 7.28. The third-order valence-corrected chi connectivity index (χ3v) is 7.06. The summed E-state index contributed by atoms with van der Waals surface area (Å²) >= 11 is 0. The quantitative estimate of drug-likeness (QED) is 0.266. The molecular weight excluding hydrogens is 507 g/mol. The van der Waals surface area contributed by atoms with Crippen LogP contribution in [0.15, 0.2) is 60.7 Å². The minimum Gasteiger partial charge on any atom is -0.356 e. The van der Waals surface area contributed by atoms with E-state index in [-0.39, 0.29) is 39.6 Å². The minimum atomic E-state index is -3.06. The van der Waals surface area contributed by atoms with E-state index in [4.69, 9.17) is 18.9 Å². The molecule has 0 N–H and O–H groups in total. The highest BCUT2D eigenvalue weighted by Gasteiger charge is 2.24. The van der Waals surface area contributed by atoms with Crippen LogP contribution in [0.1, 0.15) is 6.92 Å². The Kier molecular flexibility index (Phi) is 16.6. The zero-order valence-electron chi connectivity index (χ0n) is 21.9. The zero-order valence-corrected chi connectivity index (χ0v) is 22.8. The van der Waals surface area contributed by atoms with Gasteiger partial charge >= 0.3 is 0 Å². The molecule has 39 heavy (non-hydrogen) atoms. The summed E-state index contributed by atoms with van der Waals surface area (Å²) in [6.45, 7) is 3.77. The Hall–Kier alpha value is -4.13. The number of rotatable bonds is 10. The van der Waals surface area contributed by atoms with E-state index in [2.05, 4.69) is 70.8 Å². The van der Waals surface area contributed by atoms with E-state index in [0.29, 0.717) is 23.8 Å². The summed E-state index contributed by atoms with van der Waals surface area (Å²) in [5, 5.41) is 1.40. The molecule has 0 aliphatic rings. The first-order chi connectivity index (χ1) is 19.3. The Balaban J connectivity index is 1.59. The van der Waals surface area contributed by atoms with Gasteiger partial charge in [0.2, 0.25) is 7.14 Å². The molecule has 6 heteroatoms. The van der Waals surface area contributed by atoms with E-state index in [1.807, 2.05) is 60.7 Å². The summed E-state index contributed by atoms with van der Waals surface area (Å²) < 4.78 is 34.9. The van der Waals surface area contributed by atoms with Crippen LogP contribution in [0.5, 0.6) is 0 Å². The fraction of sp³-hybridized carbons (Fsp3) is 0.273. The maximum absolute atomic E-state index is 13.7. The molecule has 0 saturated carbocycles. The van der Waals surface area contributed by atoms with E-state index in [1.165, 1.54) is 0 Å². The zero-order chi connectivity index (χ0) is 27.7. The predicted molar refractivity (Wildman–Crippen MR) is 155 cm³/mol. The molecule has 0 amide bonds. The molecular formula is C33H29O5P. The molecule has 2 aromatic rings. The second kappa shape index (κ2) is 20.9. The van der Waals surface area contributed by atoms with Crippen molar-refractivity contribution >= 4 is 17.8 Å². The van der Waals surface area contributed by atoms with Gasteiger partial charge in [-0.1, -0.05) is 108 Å². The fourth-order valence-electron chi connectivity index (χ4n) is 2.75. The summed E-state index contributed by atoms with van der Waals surface area (Å²) in [6, 6.07) is 18.6. The molecule has 196 valence electrons. The van der Waals surface area contributed by atoms with E-state index >= 15 is 0 Å². The smallest absolute Gasteiger partial charge is 0.210 e. The lowest BCUT2D eigenvalue weighted by atomic mass is 10.4. The Morgan fingerprint density at radius 2 is 0.872 bits per heavy atom. The number of hydrogen-bond acceptors (Lipinski definition) is 5. The van der Waals surface area contributed by atoms with Gasteiger partial charge in [0.15, 0.2) is 0 Å². The molecule has 0 aromatic heterocycles. The van der Waals surface area contributed by atoms with Gasteiger partial charge in [-0.15, -0.1) is 5.92 Å². The van der Waals surface area contributed by atoms with Crippen LogP contribution < -0.4 is 10.6 Å². The summed E-state index contributed by atoms with van der Waals surface area (Å²) in [4.78, 5) is 0. The fourth-order valence-corrected chi connectivity index (χ4v) is 4.77. The van der Waals surface area contributed by atoms with Gasteiger partial charge in [0, 0.05) is 10.6 Å². The van der Waals surface area contributed by atoms with Crippen LogP contribution in [-0.2, 0) is 23.5 Å². The molecule has 2 rings (SSSR count). The lowest BCUT2D eigenvalue weighted by Crippen LogP contribution is -2.14. The van der Waals surface area contributed by atoms with E-state index in [0.717, 1.165) is 0 Å². The van der Waals surface area contributed by atoms with Crippen LogP contribution in [0.4, 0.5) is 0 Å². The van der Waals surface area contributed by atoms with Crippen molar-refractivity contribution < 1.29 is 23.5 Å². The first kappa shape index (κ1) is 31.1. The van der Waals surface area contributed by atoms with Gasteiger partial charge in [-0.25, -0.2) is 0 Å². The highest BCUT2D eigenvalue weighted by Crippen LogP contribution is 2.41. The topological polar surface area (TPSA) is 54.0 Å². The van der Waals surface area contributed by atoms with Gasteiger partial charge in [-0.3, -0.25) is 4.57 Å². The number of benzene rings is 2. The van der Waals surface area contributed by atoms with Gasteiger partial charge in [0.05, 0.1) is 0 Å². The summed E-state index contributed by atoms with van der Waals surface area (Å²) in [6.07, 6.45) is 0. The number of hydrogen-bond donors (Lipinski definition) is 0. The minimum absolute atomic E-state index is 0.128. The lowest BCUT2D eigenvalue weighted by Gasteiger charge is -2.12. The SMILES string of the molecule is CC#CCOCC#CCOCC#CC#CCOCC#CCOCC#CP(=O)(c1ccccc1)c1ccccc1. The molecule has 0 atom stereocenters. The van der Waals surface area contributed by atoms with Crippen LogP contribution in [-0.4, -0.2) is 52.9 Å². The molecule has 0 radical (unpaired) electrons. The average molecular weight is 537 g/mol. The molecule has 0 aliphatic carbocycles. The molecule has 2 aromatic carbocycles. The van der Waals surface area contributed by atoms with E-state index < -0.39 is 7.14 Å². The second-order valence-corrected chi connectivity index (χ2v) is 9.75. The van der Waals surface area contributed by atoms with Crippen molar-refractivity contribution in [1.29, 1.82) is 0 Å². The summed E-state index contributed by atoms with van der Waals surface area (Å²) in [5.41, 5.74) is 2.95. The third-order valence-electron chi connectivity index (χ3n) is 4.54. The van der Waals surface area contributed by atoms with Crippen LogP contribution in [0.3, 0.4) is 0 Å². The first-order valence-corrected chi connectivity index (χ1v) is 13.8. The molecule has 0 unspecified atom stereocenters. The van der Waals surface area contributed by atoms with Crippen molar-refractivity contribution in [3.63, 3.8) is 0 Å². The van der Waals surface area contributed by atoms with Crippen molar-refractivity contribution in [2.45, 2.75) is 6.92 Å². The van der Waals surface area contributed by atoms with Gasteiger partial charge in [-0.05, 0) is 24.4 Å². The maximum Gasteiger partial charge on any atom is 0.210 e. The maximum atomic E-state index is 13.7. The van der Waals surface area contributed by atoms with Gasteiger partial charge in [0.1, 0.15) is 52.9 Å². The van der Waals surface area contributed by atoms with Crippen molar-refractivity contribution in [1.82, 2.24) is 0 Å². The Morgan fingerprint density at radius 3 is 1.28 bits per heavy atom. The largest absolute Gasteiger partial charge is 0.356 e. The third kappa shape index (κ3) is 13.8. The molecule has 0 bridgehead atoms. The van der Waals surface area contributed by atoms with Crippen molar-refractivity contribution in [2.75, 3.05) is 52.9 Å². The number of ether oxygens (including phenoxy) is 4. The molecule has 0 fully saturated rings. The molecule has 0 saturated heterocycles. The van der Waals surface area contributed by atoms with Gasteiger partial charge in [0.25, 0.3) is 0 Å². The lowest BCUT2D eigenvalue weighted by molar-refractivity contribution is 0.198. The van der Waals surface area contributed by atoms with Crippen molar-refractivity contribution in [2.24, 2.45) is 0 Å². The first-order valence-electron chi connectivity index (χ1n) is 12.1. The van der Waals surface area contributed by atoms with Crippen LogP contribution in [0.25, 0.3) is 0 Å². The van der Waals surface area contributed by atoms with Gasteiger partial charge in [-0.2, -0.15) is 0 Å². The highest BCUT2D eigenvalue weighted by atomic mass is 31.2. The van der Waals surface area contributed by atoms with E-state index in [1.54, 1.807) is 6.92 Å². The van der Waals surface area contributed by atoms with Crippen molar-refractivity contribution in [3.05, 3.63) is 60.7 Å². The van der Waals surface area contributed by atoms with Gasteiger partial charge < -0.3 is 18.9 Å². The molecule has 0 spiro atoms. The van der Waals surface area contributed by atoms with Crippen LogP contribution >= 0.6 is 7.14 Å². The molecule has 5 nitrogen and oxygen atoms in total. The van der Waals surface area contributed by atoms with E-state index in [9.17, 15) is 4.57 Å². The predicted octanol–water partition coefficient (Wildman–Crippen LogP) is 3.06.